The van der Waals surface area contributed by atoms with E-state index in [0.29, 0.717) is 24.2 Å². The number of pyridine rings is 2. The van der Waals surface area contributed by atoms with E-state index in [2.05, 4.69) is 25.3 Å². The smallest absolute Gasteiger partial charge is 0.252 e. The number of carbonyl (C=O) groups is 1. The molecule has 0 fully saturated rings. The maximum atomic E-state index is 11.6. The molecule has 0 bridgehead atoms. The topological polar surface area (TPSA) is 107 Å². The molecule has 24 heavy (non-hydrogen) atoms. The zero-order valence-corrected chi connectivity index (χ0v) is 12.9. The molecular weight excluding hydrogens is 304 g/mol. The number of nitrogens with zero attached hydrogens (tertiary/aromatic N) is 4. The Morgan fingerprint density at radius 2 is 1.83 bits per heavy atom. The average Bonchev–Trinajstić information content (AvgIpc) is 2.61. The van der Waals surface area contributed by atoms with Crippen molar-refractivity contribution in [2.75, 3.05) is 5.32 Å². The fourth-order valence-electron chi connectivity index (χ4n) is 2.24. The molecule has 3 rings (SSSR count). The molecule has 0 aromatic carbocycles. The van der Waals surface area contributed by atoms with E-state index in [9.17, 15) is 4.79 Å². The Balaban J connectivity index is 1.82. The summed E-state index contributed by atoms with van der Waals surface area (Å²) in [5.74, 6) is -0.522. The van der Waals surface area contributed by atoms with Crippen LogP contribution in [0.1, 0.15) is 27.3 Å². The molecule has 0 atom stereocenters. The van der Waals surface area contributed by atoms with Crippen LogP contribution < -0.4 is 11.1 Å². The van der Waals surface area contributed by atoms with Crippen LogP contribution in [0.15, 0.2) is 55.4 Å². The second-order valence-electron chi connectivity index (χ2n) is 5.17. The van der Waals surface area contributed by atoms with E-state index in [-0.39, 0.29) is 0 Å². The van der Waals surface area contributed by atoms with Crippen molar-refractivity contribution in [2.45, 2.75) is 13.0 Å². The number of carbonyl (C=O) groups excluding carboxylic acids is 1. The number of nitrogens with one attached hydrogen (secondary N) is 1. The van der Waals surface area contributed by atoms with Crippen LogP contribution in [0.3, 0.4) is 0 Å². The van der Waals surface area contributed by atoms with Crippen LogP contribution in [0, 0.1) is 0 Å². The highest BCUT2D eigenvalue weighted by Crippen LogP contribution is 2.18. The first kappa shape index (κ1) is 15.5. The number of anilines is 1. The van der Waals surface area contributed by atoms with E-state index in [1.807, 2.05) is 18.2 Å². The van der Waals surface area contributed by atoms with Gasteiger partial charge in [0.1, 0.15) is 0 Å². The van der Waals surface area contributed by atoms with Gasteiger partial charge in [-0.2, -0.15) is 0 Å². The molecule has 0 saturated heterocycles. The van der Waals surface area contributed by atoms with Gasteiger partial charge in [0, 0.05) is 55.8 Å². The summed E-state index contributed by atoms with van der Waals surface area (Å²) in [7, 11) is 0. The van der Waals surface area contributed by atoms with Crippen LogP contribution in [0.2, 0.25) is 0 Å². The fourth-order valence-corrected chi connectivity index (χ4v) is 2.24. The highest BCUT2D eigenvalue weighted by molar-refractivity contribution is 5.98. The van der Waals surface area contributed by atoms with Crippen molar-refractivity contribution in [1.82, 2.24) is 19.9 Å². The molecular formula is C17H16N6O. The molecule has 3 aromatic rings. The van der Waals surface area contributed by atoms with Gasteiger partial charge in [0.15, 0.2) is 0 Å². The standard InChI is InChI=1S/C17H16N6O/c18-17(24)15-11-22-13(7-14-10-20-5-6-21-14)8-16(15)23-9-12-1-3-19-4-2-12/h1-6,8,10-11H,7,9H2,(H2,18,24)(H,22,23). The molecule has 0 aliphatic rings. The van der Waals surface area contributed by atoms with Gasteiger partial charge in [-0.15, -0.1) is 0 Å². The lowest BCUT2D eigenvalue weighted by molar-refractivity contribution is 0.100. The van der Waals surface area contributed by atoms with E-state index in [0.717, 1.165) is 17.0 Å². The highest BCUT2D eigenvalue weighted by Gasteiger charge is 2.11. The summed E-state index contributed by atoms with van der Waals surface area (Å²) in [6, 6.07) is 5.62. The third-order valence-corrected chi connectivity index (χ3v) is 3.44. The summed E-state index contributed by atoms with van der Waals surface area (Å²) in [5.41, 5.74) is 9.06. The van der Waals surface area contributed by atoms with Gasteiger partial charge in [-0.1, -0.05) is 0 Å². The normalized spacial score (nSPS) is 10.3. The van der Waals surface area contributed by atoms with Crippen molar-refractivity contribution in [3.05, 3.63) is 77.9 Å². The maximum absolute atomic E-state index is 11.6. The third-order valence-electron chi connectivity index (χ3n) is 3.44. The van der Waals surface area contributed by atoms with E-state index >= 15 is 0 Å². The number of nitrogens with two attached hydrogens (primary N) is 1. The van der Waals surface area contributed by atoms with Crippen molar-refractivity contribution in [1.29, 1.82) is 0 Å². The van der Waals surface area contributed by atoms with E-state index in [1.54, 1.807) is 31.0 Å². The third kappa shape index (κ3) is 3.89. The van der Waals surface area contributed by atoms with Crippen LogP contribution in [-0.2, 0) is 13.0 Å². The summed E-state index contributed by atoms with van der Waals surface area (Å²) in [6.45, 7) is 0.553. The molecule has 3 N–H and O–H groups in total. The lowest BCUT2D eigenvalue weighted by atomic mass is 10.1. The van der Waals surface area contributed by atoms with Gasteiger partial charge in [0.05, 0.1) is 16.9 Å². The molecule has 3 heterocycles. The number of aromatic nitrogens is 4. The van der Waals surface area contributed by atoms with Gasteiger partial charge in [-0.3, -0.25) is 24.7 Å². The Labute approximate surface area is 139 Å². The summed E-state index contributed by atoms with van der Waals surface area (Å²) in [4.78, 5) is 28.2. The molecule has 3 aromatic heterocycles. The number of amides is 1. The Bertz CT molecular complexity index is 823. The van der Waals surface area contributed by atoms with Gasteiger partial charge < -0.3 is 11.1 Å². The Hall–Kier alpha value is -3.35. The van der Waals surface area contributed by atoms with Crippen molar-refractivity contribution in [3.8, 4) is 0 Å². The lowest BCUT2D eigenvalue weighted by Gasteiger charge is -2.11. The SMILES string of the molecule is NC(=O)c1cnc(Cc2cnccn2)cc1NCc1ccncc1. The summed E-state index contributed by atoms with van der Waals surface area (Å²) < 4.78 is 0. The molecule has 0 aliphatic carbocycles. The zero-order chi connectivity index (χ0) is 16.8. The van der Waals surface area contributed by atoms with Crippen molar-refractivity contribution in [2.24, 2.45) is 5.73 Å². The molecule has 0 radical (unpaired) electrons. The number of hydrogen-bond acceptors (Lipinski definition) is 6. The minimum atomic E-state index is -0.522. The molecule has 1 amide bonds. The Morgan fingerprint density at radius 1 is 1.00 bits per heavy atom. The number of hydrogen-bond donors (Lipinski definition) is 2. The van der Waals surface area contributed by atoms with Crippen LogP contribution in [-0.4, -0.2) is 25.8 Å². The largest absolute Gasteiger partial charge is 0.380 e. The quantitative estimate of drug-likeness (QED) is 0.714. The van der Waals surface area contributed by atoms with Crippen LogP contribution in [0.5, 0.6) is 0 Å². The minimum absolute atomic E-state index is 0.354. The fraction of sp³-hybridized carbons (Fsp3) is 0.118. The van der Waals surface area contributed by atoms with Gasteiger partial charge in [-0.25, -0.2) is 0 Å². The van der Waals surface area contributed by atoms with E-state index in [1.165, 1.54) is 6.20 Å². The number of primary amides is 1. The molecule has 0 unspecified atom stereocenters. The van der Waals surface area contributed by atoms with Crippen LogP contribution in [0.25, 0.3) is 0 Å². The minimum Gasteiger partial charge on any atom is -0.380 e. The van der Waals surface area contributed by atoms with E-state index < -0.39 is 5.91 Å². The van der Waals surface area contributed by atoms with Gasteiger partial charge in [0.2, 0.25) is 0 Å². The summed E-state index contributed by atoms with van der Waals surface area (Å²) in [6.07, 6.45) is 10.4. The van der Waals surface area contributed by atoms with Crippen molar-refractivity contribution >= 4 is 11.6 Å². The highest BCUT2D eigenvalue weighted by atomic mass is 16.1. The van der Waals surface area contributed by atoms with Crippen molar-refractivity contribution in [3.63, 3.8) is 0 Å². The van der Waals surface area contributed by atoms with Gasteiger partial charge >= 0.3 is 0 Å². The summed E-state index contributed by atoms with van der Waals surface area (Å²) in [5, 5.41) is 3.23. The monoisotopic (exact) mass is 320 g/mol. The predicted octanol–water partition coefficient (Wildman–Crippen LogP) is 1.57. The molecule has 0 spiro atoms. The molecule has 0 saturated carbocycles. The van der Waals surface area contributed by atoms with Crippen molar-refractivity contribution < 1.29 is 4.79 Å². The van der Waals surface area contributed by atoms with Gasteiger partial charge in [-0.05, 0) is 23.8 Å². The second-order valence-corrected chi connectivity index (χ2v) is 5.17. The van der Waals surface area contributed by atoms with Gasteiger partial charge in [0.25, 0.3) is 5.91 Å². The average molecular weight is 320 g/mol. The van der Waals surface area contributed by atoms with Crippen LogP contribution >= 0.6 is 0 Å². The first-order valence-corrected chi connectivity index (χ1v) is 7.39. The second kappa shape index (κ2) is 7.28. The lowest BCUT2D eigenvalue weighted by Crippen LogP contribution is -2.15. The van der Waals surface area contributed by atoms with E-state index in [4.69, 9.17) is 5.73 Å². The first-order valence-electron chi connectivity index (χ1n) is 7.39. The Morgan fingerprint density at radius 3 is 2.54 bits per heavy atom. The maximum Gasteiger partial charge on any atom is 0.252 e. The van der Waals surface area contributed by atoms with Crippen LogP contribution in [0.4, 0.5) is 5.69 Å². The molecule has 120 valence electrons. The molecule has 7 heteroatoms. The molecule has 0 aliphatic heterocycles. The first-order chi connectivity index (χ1) is 11.7. The summed E-state index contributed by atoms with van der Waals surface area (Å²) >= 11 is 0. The molecule has 7 nitrogen and oxygen atoms in total. The number of rotatable bonds is 6. The predicted molar refractivity (Wildman–Crippen MR) is 89.2 cm³/mol. The Kier molecular flexibility index (Phi) is 4.71. The zero-order valence-electron chi connectivity index (χ0n) is 12.9.